The fourth-order valence-corrected chi connectivity index (χ4v) is 1.31. The zero-order valence-electron chi connectivity index (χ0n) is 7.21. The maximum Gasteiger partial charge on any atom is 0.322 e. The molecule has 0 unspecified atom stereocenters. The van der Waals surface area contributed by atoms with Crippen molar-refractivity contribution in [3.8, 4) is 0 Å². The number of quaternary nitrogens is 1. The van der Waals surface area contributed by atoms with Gasteiger partial charge in [-0.2, -0.15) is 0 Å². The van der Waals surface area contributed by atoms with Crippen LogP contribution in [0.3, 0.4) is 0 Å². The SMILES string of the molecule is CCOC(=O)[C@H]1C[NH2+]CCC1=O. The van der Waals surface area contributed by atoms with E-state index in [2.05, 4.69) is 0 Å². The van der Waals surface area contributed by atoms with E-state index in [0.717, 1.165) is 6.54 Å². The van der Waals surface area contributed by atoms with Crippen LogP contribution >= 0.6 is 0 Å². The van der Waals surface area contributed by atoms with E-state index < -0.39 is 5.92 Å². The molecule has 4 heteroatoms. The van der Waals surface area contributed by atoms with Crippen LogP contribution in [-0.4, -0.2) is 31.4 Å². The summed E-state index contributed by atoms with van der Waals surface area (Å²) in [5.74, 6) is -0.854. The lowest BCUT2D eigenvalue weighted by Gasteiger charge is -2.16. The Morgan fingerprint density at radius 2 is 2.50 bits per heavy atom. The number of hydrogen-bond acceptors (Lipinski definition) is 3. The molecule has 0 saturated carbocycles. The Bertz CT molecular complexity index is 191. The molecule has 1 saturated heterocycles. The van der Waals surface area contributed by atoms with Crippen LogP contribution < -0.4 is 5.32 Å². The minimum Gasteiger partial charge on any atom is -0.465 e. The summed E-state index contributed by atoms with van der Waals surface area (Å²) in [4.78, 5) is 22.3. The highest BCUT2D eigenvalue weighted by atomic mass is 16.5. The Kier molecular flexibility index (Phi) is 3.22. The molecular formula is C8H14NO3+. The first-order valence-electron chi connectivity index (χ1n) is 4.26. The van der Waals surface area contributed by atoms with Crippen molar-refractivity contribution >= 4 is 11.8 Å². The number of nitrogens with two attached hydrogens (primary N) is 1. The van der Waals surface area contributed by atoms with Gasteiger partial charge in [-0.3, -0.25) is 9.59 Å². The molecule has 1 atom stereocenters. The second-order valence-electron chi connectivity index (χ2n) is 2.83. The number of esters is 1. The topological polar surface area (TPSA) is 60.0 Å². The molecule has 4 nitrogen and oxygen atoms in total. The number of rotatable bonds is 2. The Morgan fingerprint density at radius 3 is 3.08 bits per heavy atom. The summed E-state index contributed by atoms with van der Waals surface area (Å²) < 4.78 is 4.77. The molecule has 1 heterocycles. The van der Waals surface area contributed by atoms with Crippen molar-refractivity contribution < 1.29 is 19.6 Å². The highest BCUT2D eigenvalue weighted by Crippen LogP contribution is 2.04. The average Bonchev–Trinajstić information content (AvgIpc) is 2.05. The molecule has 2 N–H and O–H groups in total. The standard InChI is InChI=1S/C8H13NO3/c1-2-12-8(11)6-5-9-4-3-7(6)10/h6,9H,2-5H2,1H3/p+1/t6-/m0/s1. The normalized spacial score (nSPS) is 23.8. The van der Waals surface area contributed by atoms with Gasteiger partial charge in [0.1, 0.15) is 0 Å². The highest BCUT2D eigenvalue weighted by molar-refractivity contribution is 5.99. The number of carbonyl (C=O) groups excluding carboxylic acids is 2. The first-order valence-corrected chi connectivity index (χ1v) is 4.26. The van der Waals surface area contributed by atoms with Crippen LogP contribution in [0.15, 0.2) is 0 Å². The molecule has 0 bridgehead atoms. The molecule has 0 amide bonds. The second kappa shape index (κ2) is 4.21. The molecule has 68 valence electrons. The van der Waals surface area contributed by atoms with Gasteiger partial charge in [-0.1, -0.05) is 0 Å². The van der Waals surface area contributed by atoms with E-state index in [1.165, 1.54) is 0 Å². The van der Waals surface area contributed by atoms with Crippen molar-refractivity contribution in [2.24, 2.45) is 5.92 Å². The van der Waals surface area contributed by atoms with Gasteiger partial charge in [-0.25, -0.2) is 0 Å². The number of piperidine rings is 1. The summed E-state index contributed by atoms with van der Waals surface area (Å²) in [6, 6.07) is 0. The van der Waals surface area contributed by atoms with Gasteiger partial charge in [0.2, 0.25) is 0 Å². The lowest BCUT2D eigenvalue weighted by molar-refractivity contribution is -0.660. The number of Topliss-reactive ketones (excluding diaryl/α,β-unsaturated/α-hetero) is 1. The number of carbonyl (C=O) groups is 2. The van der Waals surface area contributed by atoms with Crippen LogP contribution in [0.5, 0.6) is 0 Å². The largest absolute Gasteiger partial charge is 0.465 e. The summed E-state index contributed by atoms with van der Waals surface area (Å²) >= 11 is 0. The minimum absolute atomic E-state index is 0.0240. The lowest BCUT2D eigenvalue weighted by Crippen LogP contribution is -2.88. The van der Waals surface area contributed by atoms with Crippen molar-refractivity contribution in [3.63, 3.8) is 0 Å². The summed E-state index contributed by atoms with van der Waals surface area (Å²) in [7, 11) is 0. The van der Waals surface area contributed by atoms with E-state index in [1.807, 2.05) is 5.32 Å². The van der Waals surface area contributed by atoms with E-state index >= 15 is 0 Å². The summed E-state index contributed by atoms with van der Waals surface area (Å²) in [5, 5.41) is 1.98. The van der Waals surface area contributed by atoms with E-state index in [1.54, 1.807) is 6.92 Å². The van der Waals surface area contributed by atoms with Gasteiger partial charge in [-0.15, -0.1) is 0 Å². The first-order chi connectivity index (χ1) is 5.75. The summed E-state index contributed by atoms with van der Waals surface area (Å²) in [5.41, 5.74) is 0. The molecule has 0 aromatic carbocycles. The third-order valence-electron chi connectivity index (χ3n) is 1.96. The van der Waals surface area contributed by atoms with Crippen LogP contribution in [0.25, 0.3) is 0 Å². The molecule has 1 rings (SSSR count). The number of ether oxygens (including phenoxy) is 1. The maximum absolute atomic E-state index is 11.2. The second-order valence-corrected chi connectivity index (χ2v) is 2.83. The van der Waals surface area contributed by atoms with Crippen molar-refractivity contribution in [1.29, 1.82) is 0 Å². The van der Waals surface area contributed by atoms with E-state index in [0.29, 0.717) is 19.6 Å². The van der Waals surface area contributed by atoms with Gasteiger partial charge < -0.3 is 10.1 Å². The van der Waals surface area contributed by atoms with Gasteiger partial charge in [0.15, 0.2) is 11.7 Å². The van der Waals surface area contributed by atoms with Gasteiger partial charge >= 0.3 is 5.97 Å². The first kappa shape index (κ1) is 9.19. The number of hydrogen-bond donors (Lipinski definition) is 1. The molecular weight excluding hydrogens is 158 g/mol. The molecule has 12 heavy (non-hydrogen) atoms. The third-order valence-corrected chi connectivity index (χ3v) is 1.96. The predicted molar refractivity (Wildman–Crippen MR) is 41.4 cm³/mol. The Hall–Kier alpha value is -0.900. The highest BCUT2D eigenvalue weighted by Gasteiger charge is 2.32. The predicted octanol–water partition coefficient (Wildman–Crippen LogP) is -1.30. The maximum atomic E-state index is 11.2. The van der Waals surface area contributed by atoms with Crippen molar-refractivity contribution in [2.45, 2.75) is 13.3 Å². The fraction of sp³-hybridized carbons (Fsp3) is 0.750. The Labute approximate surface area is 71.3 Å². The summed E-state index contributed by atoms with van der Waals surface area (Å²) in [6.07, 6.45) is 0.490. The molecule has 1 aliphatic rings. The number of ketones is 1. The van der Waals surface area contributed by atoms with Gasteiger partial charge in [-0.05, 0) is 6.92 Å². The van der Waals surface area contributed by atoms with E-state index in [9.17, 15) is 9.59 Å². The third kappa shape index (κ3) is 2.04. The van der Waals surface area contributed by atoms with Crippen LogP contribution in [0.1, 0.15) is 13.3 Å². The van der Waals surface area contributed by atoms with Crippen LogP contribution in [0, 0.1) is 5.92 Å². The average molecular weight is 172 g/mol. The summed E-state index contributed by atoms with van der Waals surface area (Å²) in [6.45, 7) is 3.45. The molecule has 0 aromatic heterocycles. The molecule has 0 spiro atoms. The molecule has 1 fully saturated rings. The Morgan fingerprint density at radius 1 is 1.75 bits per heavy atom. The molecule has 0 aliphatic carbocycles. The smallest absolute Gasteiger partial charge is 0.322 e. The van der Waals surface area contributed by atoms with Crippen molar-refractivity contribution in [1.82, 2.24) is 0 Å². The van der Waals surface area contributed by atoms with E-state index in [4.69, 9.17) is 4.74 Å². The monoisotopic (exact) mass is 172 g/mol. The molecule has 1 aliphatic heterocycles. The zero-order chi connectivity index (χ0) is 8.97. The van der Waals surface area contributed by atoms with Crippen molar-refractivity contribution in [2.75, 3.05) is 19.7 Å². The zero-order valence-corrected chi connectivity index (χ0v) is 7.21. The fourth-order valence-electron chi connectivity index (χ4n) is 1.31. The van der Waals surface area contributed by atoms with Gasteiger partial charge in [0.25, 0.3) is 0 Å². The van der Waals surface area contributed by atoms with Gasteiger partial charge in [0, 0.05) is 0 Å². The lowest BCUT2D eigenvalue weighted by atomic mass is 9.98. The minimum atomic E-state index is -0.515. The van der Waals surface area contributed by atoms with Gasteiger partial charge in [0.05, 0.1) is 26.1 Å². The van der Waals surface area contributed by atoms with Crippen molar-refractivity contribution in [3.05, 3.63) is 0 Å². The van der Waals surface area contributed by atoms with Crippen LogP contribution in [0.2, 0.25) is 0 Å². The molecule has 0 aromatic rings. The van der Waals surface area contributed by atoms with Crippen LogP contribution in [-0.2, 0) is 14.3 Å². The van der Waals surface area contributed by atoms with Crippen LogP contribution in [0.4, 0.5) is 0 Å². The van der Waals surface area contributed by atoms with E-state index in [-0.39, 0.29) is 11.8 Å². The Balaban J connectivity index is 2.48. The molecule has 0 radical (unpaired) electrons. The quantitative estimate of drug-likeness (QED) is 0.416.